The van der Waals surface area contributed by atoms with Crippen LogP contribution in [0, 0.1) is 11.3 Å². The highest BCUT2D eigenvalue weighted by atomic mass is 16.5. The largest absolute Gasteiger partial charge is 0.493 e. The number of fused-ring (bicyclic) bond motifs is 1. The minimum absolute atomic E-state index is 0.490. The summed E-state index contributed by atoms with van der Waals surface area (Å²) < 4.78 is 16.6. The molecule has 0 saturated carbocycles. The third-order valence-corrected chi connectivity index (χ3v) is 5.40. The number of rotatable bonds is 9. The van der Waals surface area contributed by atoms with Gasteiger partial charge in [0.15, 0.2) is 17.3 Å². The molecule has 2 aromatic carbocycles. The summed E-state index contributed by atoms with van der Waals surface area (Å²) in [6.45, 7) is 0.700. The topological polar surface area (TPSA) is 102 Å². The van der Waals surface area contributed by atoms with Gasteiger partial charge in [-0.05, 0) is 49.2 Å². The van der Waals surface area contributed by atoms with Crippen LogP contribution in [0.15, 0.2) is 54.7 Å². The molecule has 0 aliphatic rings. The van der Waals surface area contributed by atoms with Crippen LogP contribution in [0.1, 0.15) is 17.7 Å². The summed E-state index contributed by atoms with van der Waals surface area (Å²) in [5.74, 6) is 2.83. The standard InChI is InChI=1S/C26H25N5O3/c1-32-22-13-12-20(23(33-2)24(22)34-3)26-30-21-9-5-4-8-19(21)25(31-26)28-14-6-7-18-11-10-17(15-27)16-29-18/h4-5,8-13,16H,6-7,14H2,1-3H3,(H,28,30,31). The summed E-state index contributed by atoms with van der Waals surface area (Å²) >= 11 is 0. The van der Waals surface area contributed by atoms with Gasteiger partial charge in [0.1, 0.15) is 11.9 Å². The number of aryl methyl sites for hydroxylation is 1. The van der Waals surface area contributed by atoms with Crippen molar-refractivity contribution in [2.75, 3.05) is 33.2 Å². The highest BCUT2D eigenvalue weighted by Crippen LogP contribution is 2.43. The van der Waals surface area contributed by atoms with Gasteiger partial charge in [-0.15, -0.1) is 0 Å². The number of aromatic nitrogens is 3. The summed E-state index contributed by atoms with van der Waals surface area (Å²) in [5.41, 5.74) is 3.04. The van der Waals surface area contributed by atoms with Gasteiger partial charge in [-0.2, -0.15) is 5.26 Å². The van der Waals surface area contributed by atoms with E-state index >= 15 is 0 Å². The maximum atomic E-state index is 8.92. The minimum Gasteiger partial charge on any atom is -0.493 e. The van der Waals surface area contributed by atoms with Gasteiger partial charge in [0.25, 0.3) is 0 Å². The third-order valence-electron chi connectivity index (χ3n) is 5.40. The monoisotopic (exact) mass is 455 g/mol. The molecule has 0 spiro atoms. The molecule has 0 aliphatic carbocycles. The summed E-state index contributed by atoms with van der Waals surface area (Å²) in [5, 5.41) is 13.3. The second kappa shape index (κ2) is 10.5. The van der Waals surface area contributed by atoms with Gasteiger partial charge in [0.05, 0.1) is 38.0 Å². The van der Waals surface area contributed by atoms with E-state index < -0.39 is 0 Å². The predicted octanol–water partition coefficient (Wildman–Crippen LogP) is 4.63. The summed E-state index contributed by atoms with van der Waals surface area (Å²) in [6.07, 6.45) is 3.24. The molecule has 0 fully saturated rings. The van der Waals surface area contributed by atoms with Gasteiger partial charge >= 0.3 is 0 Å². The van der Waals surface area contributed by atoms with Crippen molar-refractivity contribution < 1.29 is 14.2 Å². The zero-order valence-corrected chi connectivity index (χ0v) is 19.3. The molecule has 1 N–H and O–H groups in total. The second-order valence-corrected chi connectivity index (χ2v) is 7.48. The quantitative estimate of drug-likeness (QED) is 0.364. The molecule has 0 aliphatic heterocycles. The Labute approximate surface area is 198 Å². The summed E-state index contributed by atoms with van der Waals surface area (Å²) in [4.78, 5) is 13.9. The zero-order valence-electron chi connectivity index (χ0n) is 19.3. The molecule has 0 atom stereocenters. The van der Waals surface area contributed by atoms with Crippen molar-refractivity contribution in [3.8, 4) is 34.7 Å². The predicted molar refractivity (Wildman–Crippen MR) is 130 cm³/mol. The fourth-order valence-corrected chi connectivity index (χ4v) is 3.72. The Morgan fingerprint density at radius 3 is 2.44 bits per heavy atom. The van der Waals surface area contributed by atoms with E-state index in [0.717, 1.165) is 35.3 Å². The molecule has 0 radical (unpaired) electrons. The molecule has 8 nitrogen and oxygen atoms in total. The fourth-order valence-electron chi connectivity index (χ4n) is 3.72. The number of nitrogens with zero attached hydrogens (tertiary/aromatic N) is 4. The number of hydrogen-bond acceptors (Lipinski definition) is 8. The van der Waals surface area contributed by atoms with Crippen LogP contribution in [0.3, 0.4) is 0 Å². The Hall–Kier alpha value is -4.38. The van der Waals surface area contributed by atoms with Crippen molar-refractivity contribution in [2.24, 2.45) is 0 Å². The number of para-hydroxylation sites is 1. The van der Waals surface area contributed by atoms with E-state index in [-0.39, 0.29) is 0 Å². The Morgan fingerprint density at radius 1 is 0.912 bits per heavy atom. The van der Waals surface area contributed by atoms with Gasteiger partial charge in [-0.3, -0.25) is 4.98 Å². The molecule has 8 heteroatoms. The molecular weight excluding hydrogens is 430 g/mol. The SMILES string of the molecule is COc1ccc(-c2nc(NCCCc3ccc(C#N)cn3)c3ccccc3n2)c(OC)c1OC. The van der Waals surface area contributed by atoms with Crippen LogP contribution in [0.5, 0.6) is 17.2 Å². The molecule has 34 heavy (non-hydrogen) atoms. The molecule has 4 rings (SSSR count). The third kappa shape index (κ3) is 4.69. The van der Waals surface area contributed by atoms with Crippen LogP contribution in [0.2, 0.25) is 0 Å². The van der Waals surface area contributed by atoms with E-state index in [1.165, 1.54) is 0 Å². The lowest BCUT2D eigenvalue weighted by Crippen LogP contribution is -2.07. The van der Waals surface area contributed by atoms with Crippen molar-refractivity contribution in [1.82, 2.24) is 15.0 Å². The first-order valence-corrected chi connectivity index (χ1v) is 10.8. The van der Waals surface area contributed by atoms with Crippen molar-refractivity contribution in [1.29, 1.82) is 5.26 Å². The molecule has 0 saturated heterocycles. The first kappa shape index (κ1) is 22.8. The van der Waals surface area contributed by atoms with Crippen molar-refractivity contribution in [2.45, 2.75) is 12.8 Å². The molecule has 0 amide bonds. The lowest BCUT2D eigenvalue weighted by Gasteiger charge is -2.16. The first-order valence-electron chi connectivity index (χ1n) is 10.8. The Bertz CT molecular complexity index is 1330. The summed E-state index contributed by atoms with van der Waals surface area (Å²) in [6, 6.07) is 17.3. The molecular formula is C26H25N5O3. The first-order chi connectivity index (χ1) is 16.7. The molecule has 0 unspecified atom stereocenters. The van der Waals surface area contributed by atoms with Crippen molar-refractivity contribution in [3.05, 3.63) is 66.0 Å². The van der Waals surface area contributed by atoms with Gasteiger partial charge in [-0.25, -0.2) is 9.97 Å². The number of nitrogens with one attached hydrogen (secondary N) is 1. The van der Waals surface area contributed by atoms with E-state index in [2.05, 4.69) is 16.4 Å². The van der Waals surface area contributed by atoms with E-state index in [4.69, 9.17) is 29.4 Å². The van der Waals surface area contributed by atoms with E-state index in [1.54, 1.807) is 33.6 Å². The number of ether oxygens (including phenoxy) is 3. The molecule has 4 aromatic rings. The summed E-state index contributed by atoms with van der Waals surface area (Å²) in [7, 11) is 4.73. The number of hydrogen-bond donors (Lipinski definition) is 1. The van der Waals surface area contributed by atoms with Crippen LogP contribution in [0.4, 0.5) is 5.82 Å². The molecule has 2 heterocycles. The number of nitriles is 1. The van der Waals surface area contributed by atoms with Crippen LogP contribution in [-0.2, 0) is 6.42 Å². The zero-order chi connectivity index (χ0) is 23.9. The highest BCUT2D eigenvalue weighted by molar-refractivity contribution is 5.91. The van der Waals surface area contributed by atoms with Crippen LogP contribution in [0.25, 0.3) is 22.3 Å². The smallest absolute Gasteiger partial charge is 0.204 e. The van der Waals surface area contributed by atoms with E-state index in [9.17, 15) is 0 Å². The van der Waals surface area contributed by atoms with Gasteiger partial charge in [0.2, 0.25) is 5.75 Å². The number of benzene rings is 2. The fraction of sp³-hybridized carbons (Fsp3) is 0.231. The molecule has 172 valence electrons. The Balaban J connectivity index is 1.62. The lowest BCUT2D eigenvalue weighted by atomic mass is 10.1. The lowest BCUT2D eigenvalue weighted by molar-refractivity contribution is 0.325. The van der Waals surface area contributed by atoms with Gasteiger partial charge in [0, 0.05) is 23.8 Å². The Kier molecular flexibility index (Phi) is 7.04. The number of anilines is 1. The van der Waals surface area contributed by atoms with Crippen LogP contribution < -0.4 is 19.5 Å². The average molecular weight is 456 g/mol. The minimum atomic E-state index is 0.490. The normalized spacial score (nSPS) is 10.5. The van der Waals surface area contributed by atoms with Crippen molar-refractivity contribution >= 4 is 16.7 Å². The van der Waals surface area contributed by atoms with Crippen molar-refractivity contribution in [3.63, 3.8) is 0 Å². The maximum Gasteiger partial charge on any atom is 0.204 e. The second-order valence-electron chi connectivity index (χ2n) is 7.48. The maximum absolute atomic E-state index is 8.92. The number of pyridine rings is 1. The average Bonchev–Trinajstić information content (AvgIpc) is 2.90. The Morgan fingerprint density at radius 2 is 1.74 bits per heavy atom. The molecule has 0 bridgehead atoms. The molecule has 2 aromatic heterocycles. The number of methoxy groups -OCH3 is 3. The van der Waals surface area contributed by atoms with Gasteiger partial charge < -0.3 is 19.5 Å². The van der Waals surface area contributed by atoms with E-state index in [1.807, 2.05) is 42.5 Å². The highest BCUT2D eigenvalue weighted by Gasteiger charge is 2.20. The van der Waals surface area contributed by atoms with E-state index in [0.29, 0.717) is 40.7 Å². The van der Waals surface area contributed by atoms with Crippen LogP contribution >= 0.6 is 0 Å². The van der Waals surface area contributed by atoms with Crippen LogP contribution in [-0.4, -0.2) is 42.8 Å². The van der Waals surface area contributed by atoms with Gasteiger partial charge in [-0.1, -0.05) is 12.1 Å².